The van der Waals surface area contributed by atoms with Crippen LogP contribution in [-0.2, 0) is 0 Å². The smallest absolute Gasteiger partial charge is 0.319 e. The van der Waals surface area contributed by atoms with Gasteiger partial charge >= 0.3 is 6.03 Å². The molecule has 1 aromatic rings. The fourth-order valence-electron chi connectivity index (χ4n) is 2.96. The van der Waals surface area contributed by atoms with Crippen LogP contribution in [0.5, 0.6) is 0 Å². The van der Waals surface area contributed by atoms with Crippen LogP contribution >= 0.6 is 0 Å². The normalized spacial score (nSPS) is 23.4. The monoisotopic (exact) mass is 331 g/mol. The van der Waals surface area contributed by atoms with Gasteiger partial charge in [-0.3, -0.25) is 4.79 Å². The number of aryl methyl sites for hydroxylation is 1. The van der Waals surface area contributed by atoms with E-state index in [9.17, 15) is 14.7 Å². The number of carbonyl (C=O) groups excluding carboxylic acids is 2. The lowest BCUT2D eigenvalue weighted by atomic mass is 9.93. The van der Waals surface area contributed by atoms with E-state index in [1.165, 1.54) is 0 Å². The standard InChI is InChI=1S/C18H25N3O3/c1-11-2-3-12(17(23)19-13-4-5-13)10-16(11)21-18(24)20-14-6-8-15(22)9-7-14/h2-3,10,13-15,22H,4-9H2,1H3,(H,19,23)(H2,20,21,24). The van der Waals surface area contributed by atoms with Gasteiger partial charge in [0, 0.05) is 23.3 Å². The second-order valence-corrected chi connectivity index (χ2v) is 6.88. The largest absolute Gasteiger partial charge is 0.393 e. The highest BCUT2D eigenvalue weighted by molar-refractivity contribution is 5.97. The zero-order chi connectivity index (χ0) is 17.1. The summed E-state index contributed by atoms with van der Waals surface area (Å²) in [5.74, 6) is -0.0952. The molecular formula is C18H25N3O3. The van der Waals surface area contributed by atoms with Crippen LogP contribution in [0.2, 0.25) is 0 Å². The van der Waals surface area contributed by atoms with Crippen LogP contribution in [-0.4, -0.2) is 35.2 Å². The maximum atomic E-state index is 12.2. The first kappa shape index (κ1) is 16.8. The first-order valence-electron chi connectivity index (χ1n) is 8.68. The highest BCUT2D eigenvalue weighted by atomic mass is 16.3. The molecule has 6 nitrogen and oxygen atoms in total. The van der Waals surface area contributed by atoms with Crippen LogP contribution in [0.1, 0.15) is 54.4 Å². The number of benzene rings is 1. The molecule has 2 fully saturated rings. The predicted molar refractivity (Wildman–Crippen MR) is 92.1 cm³/mol. The Morgan fingerprint density at radius 3 is 2.29 bits per heavy atom. The highest BCUT2D eigenvalue weighted by Crippen LogP contribution is 2.22. The number of hydrogen-bond acceptors (Lipinski definition) is 3. The van der Waals surface area contributed by atoms with Crippen LogP contribution < -0.4 is 16.0 Å². The Kier molecular flexibility index (Phi) is 5.04. The maximum absolute atomic E-state index is 12.2. The van der Waals surface area contributed by atoms with E-state index in [0.29, 0.717) is 17.3 Å². The molecule has 6 heteroatoms. The molecule has 3 amide bonds. The fraction of sp³-hybridized carbons (Fsp3) is 0.556. The van der Waals surface area contributed by atoms with Gasteiger partial charge < -0.3 is 21.1 Å². The van der Waals surface area contributed by atoms with E-state index >= 15 is 0 Å². The Morgan fingerprint density at radius 2 is 1.62 bits per heavy atom. The van der Waals surface area contributed by atoms with Crippen molar-refractivity contribution in [2.45, 2.75) is 63.6 Å². The number of amides is 3. The second-order valence-electron chi connectivity index (χ2n) is 6.88. The Hall–Kier alpha value is -2.08. The molecular weight excluding hydrogens is 306 g/mol. The molecule has 0 spiro atoms. The topological polar surface area (TPSA) is 90.5 Å². The van der Waals surface area contributed by atoms with Crippen LogP contribution in [0.3, 0.4) is 0 Å². The Bertz CT molecular complexity index is 620. The van der Waals surface area contributed by atoms with Crippen molar-refractivity contribution in [1.82, 2.24) is 10.6 Å². The van der Waals surface area contributed by atoms with Gasteiger partial charge in [-0.2, -0.15) is 0 Å². The average molecular weight is 331 g/mol. The van der Waals surface area contributed by atoms with Gasteiger partial charge in [-0.15, -0.1) is 0 Å². The van der Waals surface area contributed by atoms with Gasteiger partial charge in [0.2, 0.25) is 0 Å². The molecule has 0 heterocycles. The summed E-state index contributed by atoms with van der Waals surface area (Å²) in [5.41, 5.74) is 2.11. The summed E-state index contributed by atoms with van der Waals surface area (Å²) < 4.78 is 0. The van der Waals surface area contributed by atoms with Crippen molar-refractivity contribution >= 4 is 17.6 Å². The fourth-order valence-corrected chi connectivity index (χ4v) is 2.96. The number of nitrogens with one attached hydrogen (secondary N) is 3. The molecule has 0 radical (unpaired) electrons. The Morgan fingerprint density at radius 1 is 1.00 bits per heavy atom. The lowest BCUT2D eigenvalue weighted by Crippen LogP contribution is -2.41. The molecule has 3 rings (SSSR count). The molecule has 24 heavy (non-hydrogen) atoms. The molecule has 0 saturated heterocycles. The third-order valence-electron chi connectivity index (χ3n) is 4.69. The van der Waals surface area contributed by atoms with Crippen molar-refractivity contribution in [3.63, 3.8) is 0 Å². The summed E-state index contributed by atoms with van der Waals surface area (Å²) in [6.45, 7) is 1.90. The summed E-state index contributed by atoms with van der Waals surface area (Å²) in [6.07, 6.45) is 4.87. The Balaban J connectivity index is 1.58. The first-order chi connectivity index (χ1) is 11.5. The van der Waals surface area contributed by atoms with Gasteiger partial charge in [-0.1, -0.05) is 6.07 Å². The van der Waals surface area contributed by atoms with Crippen molar-refractivity contribution in [3.8, 4) is 0 Å². The number of aliphatic hydroxyl groups is 1. The summed E-state index contributed by atoms with van der Waals surface area (Å²) in [5, 5.41) is 18.2. The molecule has 0 aliphatic heterocycles. The van der Waals surface area contributed by atoms with E-state index in [2.05, 4.69) is 16.0 Å². The number of carbonyl (C=O) groups is 2. The van der Waals surface area contributed by atoms with Gasteiger partial charge in [0.25, 0.3) is 5.91 Å². The number of aliphatic hydroxyl groups excluding tert-OH is 1. The van der Waals surface area contributed by atoms with Crippen LogP contribution in [0, 0.1) is 6.92 Å². The zero-order valence-electron chi connectivity index (χ0n) is 14.0. The molecule has 0 atom stereocenters. The van der Waals surface area contributed by atoms with Crippen molar-refractivity contribution in [1.29, 1.82) is 0 Å². The van der Waals surface area contributed by atoms with E-state index in [0.717, 1.165) is 44.1 Å². The van der Waals surface area contributed by atoms with E-state index in [1.807, 2.05) is 13.0 Å². The molecule has 130 valence electrons. The highest BCUT2D eigenvalue weighted by Gasteiger charge is 2.24. The minimum atomic E-state index is -0.265. The van der Waals surface area contributed by atoms with E-state index in [4.69, 9.17) is 0 Å². The maximum Gasteiger partial charge on any atom is 0.319 e. The minimum Gasteiger partial charge on any atom is -0.393 e. The van der Waals surface area contributed by atoms with Crippen molar-refractivity contribution in [2.75, 3.05) is 5.32 Å². The van der Waals surface area contributed by atoms with Crippen molar-refractivity contribution in [2.24, 2.45) is 0 Å². The quantitative estimate of drug-likeness (QED) is 0.682. The van der Waals surface area contributed by atoms with E-state index < -0.39 is 0 Å². The number of rotatable bonds is 4. The lowest BCUT2D eigenvalue weighted by molar-refractivity contribution is 0.0951. The van der Waals surface area contributed by atoms with Crippen molar-refractivity contribution in [3.05, 3.63) is 29.3 Å². The van der Waals surface area contributed by atoms with Crippen LogP contribution in [0.15, 0.2) is 18.2 Å². The summed E-state index contributed by atoms with van der Waals surface area (Å²) in [6, 6.07) is 5.47. The van der Waals surface area contributed by atoms with E-state index in [1.54, 1.807) is 12.1 Å². The summed E-state index contributed by atoms with van der Waals surface area (Å²) >= 11 is 0. The van der Waals surface area contributed by atoms with Gasteiger partial charge in [0.05, 0.1) is 6.10 Å². The number of urea groups is 1. The number of anilines is 1. The minimum absolute atomic E-state index is 0.0926. The molecule has 0 unspecified atom stereocenters. The first-order valence-corrected chi connectivity index (χ1v) is 8.68. The Labute approximate surface area is 142 Å². The predicted octanol–water partition coefficient (Wildman–Crippen LogP) is 2.31. The van der Waals surface area contributed by atoms with Gasteiger partial charge in [-0.05, 0) is 63.1 Å². The van der Waals surface area contributed by atoms with Crippen LogP contribution in [0.25, 0.3) is 0 Å². The SMILES string of the molecule is Cc1ccc(C(=O)NC2CC2)cc1NC(=O)NC1CCC(O)CC1. The third kappa shape index (κ3) is 4.47. The van der Waals surface area contributed by atoms with Crippen LogP contribution in [0.4, 0.5) is 10.5 Å². The van der Waals surface area contributed by atoms with Gasteiger partial charge in [-0.25, -0.2) is 4.79 Å². The molecule has 4 N–H and O–H groups in total. The molecule has 2 saturated carbocycles. The molecule has 0 aromatic heterocycles. The zero-order valence-corrected chi connectivity index (χ0v) is 14.0. The molecule has 1 aromatic carbocycles. The lowest BCUT2D eigenvalue weighted by Gasteiger charge is -2.26. The second kappa shape index (κ2) is 7.21. The molecule has 2 aliphatic carbocycles. The molecule has 0 bridgehead atoms. The summed E-state index contributed by atoms with van der Waals surface area (Å²) in [4.78, 5) is 24.3. The van der Waals surface area contributed by atoms with Gasteiger partial charge in [0.1, 0.15) is 0 Å². The third-order valence-corrected chi connectivity index (χ3v) is 4.69. The molecule has 2 aliphatic rings. The average Bonchev–Trinajstić information content (AvgIpc) is 3.35. The van der Waals surface area contributed by atoms with E-state index in [-0.39, 0.29) is 24.1 Å². The summed E-state index contributed by atoms with van der Waals surface area (Å²) in [7, 11) is 0. The number of hydrogen-bond donors (Lipinski definition) is 4. The van der Waals surface area contributed by atoms with Crippen molar-refractivity contribution < 1.29 is 14.7 Å². The van der Waals surface area contributed by atoms with Gasteiger partial charge in [0.15, 0.2) is 0 Å².